The van der Waals surface area contributed by atoms with Crippen molar-refractivity contribution >= 4 is 49.2 Å². The molecule has 0 spiro atoms. The molecular formula is C24H32N6O7S2. The van der Waals surface area contributed by atoms with E-state index in [1.165, 1.54) is 30.6 Å². The number of methoxy groups -OCH3 is 1. The fraction of sp³-hybridized carbons (Fsp3) is 0.417. The van der Waals surface area contributed by atoms with E-state index in [2.05, 4.69) is 30.5 Å². The molecule has 1 aliphatic rings. The zero-order valence-electron chi connectivity index (χ0n) is 21.6. The largest absolute Gasteiger partial charge is 0.476 e. The first-order valence-corrected chi connectivity index (χ1v) is 14.6. The van der Waals surface area contributed by atoms with Crippen molar-refractivity contribution in [2.24, 2.45) is 5.16 Å². The lowest BCUT2D eigenvalue weighted by molar-refractivity contribution is -0.110. The molecule has 0 bridgehead atoms. The molecule has 212 valence electrons. The van der Waals surface area contributed by atoms with Crippen molar-refractivity contribution in [1.82, 2.24) is 20.0 Å². The highest BCUT2D eigenvalue weighted by atomic mass is 32.3. The van der Waals surface area contributed by atoms with Gasteiger partial charge >= 0.3 is 0 Å². The van der Waals surface area contributed by atoms with Crippen LogP contribution < -0.4 is 20.1 Å². The molecule has 4 rings (SSSR count). The second-order valence-corrected chi connectivity index (χ2v) is 11.2. The Labute approximate surface area is 231 Å². The van der Waals surface area contributed by atoms with Crippen LogP contribution in [-0.2, 0) is 19.1 Å². The normalized spacial score (nSPS) is 16.4. The molecule has 0 saturated carbocycles. The molecule has 1 aliphatic heterocycles. The van der Waals surface area contributed by atoms with Gasteiger partial charge in [-0.25, -0.2) is 14.7 Å². The summed E-state index contributed by atoms with van der Waals surface area (Å²) < 4.78 is 39.4. The maximum absolute atomic E-state index is 13.3. The first-order valence-electron chi connectivity index (χ1n) is 12.2. The number of hydrogen-bond donors (Lipinski definition) is 5. The van der Waals surface area contributed by atoms with E-state index >= 15 is 0 Å². The Kier molecular flexibility index (Phi) is 10.4. The molecule has 1 atom stereocenters. The number of pyridine rings is 1. The van der Waals surface area contributed by atoms with Crippen molar-refractivity contribution in [3.05, 3.63) is 42.0 Å². The van der Waals surface area contributed by atoms with Crippen molar-refractivity contribution in [3.63, 3.8) is 0 Å². The number of anilines is 1. The number of thiazole rings is 1. The van der Waals surface area contributed by atoms with Crippen LogP contribution in [0.5, 0.6) is 5.88 Å². The van der Waals surface area contributed by atoms with Gasteiger partial charge in [-0.2, -0.15) is 0 Å². The molecule has 5 N–H and O–H groups in total. The van der Waals surface area contributed by atoms with Crippen molar-refractivity contribution in [2.45, 2.75) is 17.4 Å². The third-order valence-electron chi connectivity index (χ3n) is 5.51. The molecule has 3 heterocycles. The van der Waals surface area contributed by atoms with Crippen LogP contribution in [0.25, 0.3) is 10.3 Å². The maximum atomic E-state index is 13.3. The molecule has 2 aromatic heterocycles. The minimum absolute atomic E-state index is 0.000532. The highest BCUT2D eigenvalue weighted by Gasteiger charge is 2.22. The van der Waals surface area contributed by atoms with E-state index in [1.54, 1.807) is 24.3 Å². The number of oxime groups is 1. The Bertz CT molecular complexity index is 1270. The molecule has 1 fully saturated rings. The first-order chi connectivity index (χ1) is 18.9. The number of rotatable bonds is 14. The lowest BCUT2D eigenvalue weighted by atomic mass is 10.1. The lowest BCUT2D eigenvalue weighted by Gasteiger charge is -2.33. The summed E-state index contributed by atoms with van der Waals surface area (Å²) in [4.78, 5) is 28.7. The van der Waals surface area contributed by atoms with Gasteiger partial charge in [-0.1, -0.05) is 28.6 Å². The fourth-order valence-electron chi connectivity index (χ4n) is 3.47. The number of ether oxygens (including phenoxy) is 3. The van der Waals surface area contributed by atoms with Gasteiger partial charge in [0.2, 0.25) is 5.88 Å². The van der Waals surface area contributed by atoms with E-state index in [1.807, 2.05) is 7.05 Å². The van der Waals surface area contributed by atoms with Crippen LogP contribution in [-0.4, -0.2) is 90.5 Å². The molecule has 1 amide bonds. The molecule has 0 radical (unpaired) electrons. The van der Waals surface area contributed by atoms with E-state index in [0.717, 1.165) is 0 Å². The Morgan fingerprint density at radius 1 is 1.18 bits per heavy atom. The number of likely N-dealkylation sites (N-methyl/N-ethyl adjacent to an activating group) is 1. The average Bonchev–Trinajstić information content (AvgIpc) is 3.59. The lowest BCUT2D eigenvalue weighted by Crippen LogP contribution is -2.26. The van der Waals surface area contributed by atoms with E-state index in [9.17, 15) is 13.9 Å². The summed E-state index contributed by atoms with van der Waals surface area (Å²) in [6.45, 7) is 2.68. The van der Waals surface area contributed by atoms with Crippen molar-refractivity contribution in [1.29, 1.82) is 0 Å². The van der Waals surface area contributed by atoms with Gasteiger partial charge in [0.05, 0.1) is 24.7 Å². The Morgan fingerprint density at radius 2 is 2.00 bits per heavy atom. The fourth-order valence-corrected chi connectivity index (χ4v) is 5.34. The van der Waals surface area contributed by atoms with Crippen molar-refractivity contribution in [3.8, 4) is 5.88 Å². The third kappa shape index (κ3) is 8.06. The number of amides is 1. The summed E-state index contributed by atoms with van der Waals surface area (Å²) in [5, 5.41) is 10.3. The zero-order chi connectivity index (χ0) is 27.7. The van der Waals surface area contributed by atoms with Crippen molar-refractivity contribution < 1.29 is 32.9 Å². The van der Waals surface area contributed by atoms with Gasteiger partial charge in [0.15, 0.2) is 16.9 Å². The quantitative estimate of drug-likeness (QED) is 0.108. The molecular weight excluding hydrogens is 548 g/mol. The van der Waals surface area contributed by atoms with E-state index in [4.69, 9.17) is 19.0 Å². The second kappa shape index (κ2) is 14.0. The van der Waals surface area contributed by atoms with Gasteiger partial charge < -0.3 is 24.4 Å². The van der Waals surface area contributed by atoms with Crippen LogP contribution in [0, 0.1) is 0 Å². The average molecular weight is 581 g/mol. The van der Waals surface area contributed by atoms with Crippen LogP contribution in [0.4, 0.5) is 5.13 Å². The minimum atomic E-state index is -3.24. The molecule has 0 aliphatic carbocycles. The molecule has 1 saturated heterocycles. The van der Waals surface area contributed by atoms with Crippen molar-refractivity contribution in [2.75, 3.05) is 59.0 Å². The van der Waals surface area contributed by atoms with Gasteiger partial charge in [0, 0.05) is 38.2 Å². The van der Waals surface area contributed by atoms with E-state index in [0.29, 0.717) is 66.3 Å². The number of carbonyl (C=O) groups excluding carboxylic acids is 1. The Balaban J connectivity index is 1.52. The maximum Gasteiger partial charge on any atom is 0.280 e. The van der Waals surface area contributed by atoms with Crippen LogP contribution in [0.2, 0.25) is 0 Å². The minimum Gasteiger partial charge on any atom is -0.476 e. The summed E-state index contributed by atoms with van der Waals surface area (Å²) in [7, 11) is 0.122. The van der Waals surface area contributed by atoms with Gasteiger partial charge in [-0.3, -0.25) is 19.2 Å². The van der Waals surface area contributed by atoms with Gasteiger partial charge in [0.25, 0.3) is 5.91 Å². The van der Waals surface area contributed by atoms with Crippen LogP contribution in [0.15, 0.2) is 46.4 Å². The molecule has 15 heteroatoms. The summed E-state index contributed by atoms with van der Waals surface area (Å²) in [6, 6.07) is 9.68. The van der Waals surface area contributed by atoms with Gasteiger partial charge in [-0.15, -0.1) is 10.8 Å². The monoisotopic (exact) mass is 580 g/mol. The summed E-state index contributed by atoms with van der Waals surface area (Å²) in [5.41, 5.74) is 1.03. The number of nitrogens with zero attached hydrogens (tertiary/aromatic N) is 3. The highest BCUT2D eigenvalue weighted by molar-refractivity contribution is 8.22. The third-order valence-corrected chi connectivity index (χ3v) is 7.93. The number of benzene rings is 1. The zero-order valence-corrected chi connectivity index (χ0v) is 23.2. The van der Waals surface area contributed by atoms with Gasteiger partial charge in [0.1, 0.15) is 17.0 Å². The van der Waals surface area contributed by atoms with Crippen LogP contribution in [0.3, 0.4) is 0 Å². The summed E-state index contributed by atoms with van der Waals surface area (Å²) in [5.74, 6) is -0.0764. The number of fused-ring (bicyclic) bond motifs is 1. The summed E-state index contributed by atoms with van der Waals surface area (Å²) >= 11 is 1.20. The number of carbonyl (C=O) groups is 1. The van der Waals surface area contributed by atoms with Gasteiger partial charge in [-0.05, 0) is 25.2 Å². The number of hydrogen-bond acceptors (Lipinski definition) is 13. The number of aromatic nitrogens is 2. The standard InChI is InChI=1S/C24H32N6O7S2/c1-25-10-14-36-20-8-7-19-23(28-20)38-24(27-19)29-22(31)21(30-37-17-9-12-35-15-17)16-3-5-18(6-4-16)39(32,33)26-11-13-34-2/h3-8,17,25-26,32-33H,9-15H2,1-2H3,(H,27,29,31)/b30-21+/t17-/m1/s1. The topological polar surface area (TPSA) is 169 Å². The molecule has 0 unspecified atom stereocenters. The second-order valence-electron chi connectivity index (χ2n) is 8.39. The summed E-state index contributed by atoms with van der Waals surface area (Å²) in [6.07, 6.45) is 0.394. The number of nitrogens with one attached hydrogen (secondary N) is 3. The predicted molar refractivity (Wildman–Crippen MR) is 150 cm³/mol. The predicted octanol–water partition coefficient (Wildman–Crippen LogP) is 2.70. The van der Waals surface area contributed by atoms with E-state index in [-0.39, 0.29) is 23.3 Å². The highest BCUT2D eigenvalue weighted by Crippen LogP contribution is 2.43. The van der Waals surface area contributed by atoms with Crippen LogP contribution in [0.1, 0.15) is 12.0 Å². The Hall–Kier alpha value is -2.89. The smallest absolute Gasteiger partial charge is 0.280 e. The molecule has 39 heavy (non-hydrogen) atoms. The molecule has 13 nitrogen and oxygen atoms in total. The van der Waals surface area contributed by atoms with Crippen LogP contribution >= 0.6 is 22.1 Å². The molecule has 1 aromatic carbocycles. The van der Waals surface area contributed by atoms with E-state index < -0.39 is 16.7 Å². The first kappa shape index (κ1) is 29.1. The molecule has 3 aromatic rings. The Morgan fingerprint density at radius 3 is 2.72 bits per heavy atom. The SMILES string of the molecule is CNCCOc1ccc2nc(NC(=O)/C(=N/O[C@@H]3CCOC3)c3ccc(S(O)(O)NCCOC)cc3)sc2n1.